The molecular formula is C17H20N4O2. The highest BCUT2D eigenvalue weighted by atomic mass is 16.4. The average Bonchev–Trinajstić information content (AvgIpc) is 3.15. The maximum atomic E-state index is 12.1. The summed E-state index contributed by atoms with van der Waals surface area (Å²) in [6.07, 6.45) is 6.98. The van der Waals surface area contributed by atoms with Crippen molar-refractivity contribution in [1.29, 1.82) is 0 Å². The molecule has 0 unspecified atom stereocenters. The van der Waals surface area contributed by atoms with Crippen molar-refractivity contribution in [3.63, 3.8) is 0 Å². The second-order valence-corrected chi connectivity index (χ2v) is 6.37. The van der Waals surface area contributed by atoms with E-state index in [0.29, 0.717) is 6.54 Å². The second-order valence-electron chi connectivity index (χ2n) is 6.37. The molecule has 3 heterocycles. The van der Waals surface area contributed by atoms with Crippen LogP contribution in [0.1, 0.15) is 40.5 Å². The van der Waals surface area contributed by atoms with E-state index in [1.807, 2.05) is 12.1 Å². The zero-order valence-corrected chi connectivity index (χ0v) is 13.0. The number of pyridine rings is 1. The lowest BCUT2D eigenvalue weighted by molar-refractivity contribution is 0.0915. The predicted octanol–water partition coefficient (Wildman–Crippen LogP) is 1.77. The molecule has 120 valence electrons. The van der Waals surface area contributed by atoms with Gasteiger partial charge >= 0.3 is 5.91 Å². The summed E-state index contributed by atoms with van der Waals surface area (Å²) in [5.41, 5.74) is 2.02. The molecule has 2 aromatic heterocycles. The molecule has 0 aromatic carbocycles. The Bertz CT molecular complexity index is 670. The Hall–Kier alpha value is -2.21. The highest BCUT2D eigenvalue weighted by Gasteiger charge is 2.31. The monoisotopic (exact) mass is 312 g/mol. The van der Waals surface area contributed by atoms with Gasteiger partial charge in [0.2, 0.25) is 0 Å². The maximum absolute atomic E-state index is 12.1. The normalized spacial score (nSPS) is 17.2. The highest BCUT2D eigenvalue weighted by molar-refractivity contribution is 5.89. The van der Waals surface area contributed by atoms with Crippen LogP contribution in [0.4, 0.5) is 0 Å². The number of hydrogen-bond acceptors (Lipinski definition) is 5. The van der Waals surface area contributed by atoms with Gasteiger partial charge in [0.1, 0.15) is 5.76 Å². The van der Waals surface area contributed by atoms with Gasteiger partial charge in [0.25, 0.3) is 5.89 Å². The van der Waals surface area contributed by atoms with E-state index in [2.05, 4.69) is 20.2 Å². The van der Waals surface area contributed by atoms with Gasteiger partial charge in [-0.15, -0.1) is 0 Å². The van der Waals surface area contributed by atoms with E-state index in [-0.39, 0.29) is 11.8 Å². The number of nitrogens with one attached hydrogen (secondary N) is 1. The van der Waals surface area contributed by atoms with Crippen molar-refractivity contribution in [3.8, 4) is 0 Å². The summed E-state index contributed by atoms with van der Waals surface area (Å²) in [7, 11) is 0. The molecule has 1 saturated carbocycles. The third-order valence-electron chi connectivity index (χ3n) is 4.35. The summed E-state index contributed by atoms with van der Waals surface area (Å²) in [5.74, 6) is 1.65. The van der Waals surface area contributed by atoms with E-state index in [4.69, 9.17) is 4.42 Å². The summed E-state index contributed by atoms with van der Waals surface area (Å²) in [6, 6.07) is 3.89. The summed E-state index contributed by atoms with van der Waals surface area (Å²) in [6.45, 7) is 3.25. The van der Waals surface area contributed by atoms with Crippen LogP contribution in [0.15, 0.2) is 28.9 Å². The smallest absolute Gasteiger partial charge is 0.307 e. The van der Waals surface area contributed by atoms with Crippen molar-refractivity contribution in [2.75, 3.05) is 13.1 Å². The molecule has 6 nitrogen and oxygen atoms in total. The van der Waals surface area contributed by atoms with Gasteiger partial charge < -0.3 is 9.73 Å². The van der Waals surface area contributed by atoms with E-state index in [0.717, 1.165) is 49.0 Å². The van der Waals surface area contributed by atoms with E-state index in [1.54, 1.807) is 12.4 Å². The number of fused-ring (bicyclic) bond motifs is 1. The Morgan fingerprint density at radius 2 is 2.30 bits per heavy atom. The fraction of sp³-hybridized carbons (Fsp3) is 0.471. The summed E-state index contributed by atoms with van der Waals surface area (Å²) in [4.78, 5) is 22.9. The van der Waals surface area contributed by atoms with Crippen molar-refractivity contribution in [1.82, 2.24) is 20.2 Å². The van der Waals surface area contributed by atoms with Gasteiger partial charge in [-0.2, -0.15) is 0 Å². The third-order valence-corrected chi connectivity index (χ3v) is 4.35. The van der Waals surface area contributed by atoms with Gasteiger partial charge in [-0.05, 0) is 36.8 Å². The molecule has 0 saturated heterocycles. The van der Waals surface area contributed by atoms with E-state index in [1.165, 1.54) is 12.8 Å². The minimum atomic E-state index is -0.239. The van der Waals surface area contributed by atoms with Crippen LogP contribution in [-0.4, -0.2) is 33.9 Å². The third kappa shape index (κ3) is 3.42. The predicted molar refractivity (Wildman–Crippen MR) is 83.6 cm³/mol. The van der Waals surface area contributed by atoms with E-state index in [9.17, 15) is 4.79 Å². The van der Waals surface area contributed by atoms with Crippen LogP contribution >= 0.6 is 0 Å². The quantitative estimate of drug-likeness (QED) is 0.880. The van der Waals surface area contributed by atoms with Gasteiger partial charge in [0.05, 0.1) is 12.2 Å². The van der Waals surface area contributed by atoms with E-state index >= 15 is 0 Å². The Morgan fingerprint density at radius 1 is 1.39 bits per heavy atom. The molecule has 1 N–H and O–H groups in total. The van der Waals surface area contributed by atoms with Gasteiger partial charge in [0, 0.05) is 32.0 Å². The van der Waals surface area contributed by atoms with Crippen LogP contribution < -0.4 is 5.32 Å². The Morgan fingerprint density at radius 3 is 3.04 bits per heavy atom. The number of carbonyl (C=O) groups excluding carboxylic acids is 1. The number of amides is 1. The summed E-state index contributed by atoms with van der Waals surface area (Å²) < 4.78 is 5.65. The minimum Gasteiger partial charge on any atom is -0.436 e. The number of aromatic nitrogens is 2. The van der Waals surface area contributed by atoms with Crippen LogP contribution in [0.25, 0.3) is 0 Å². The molecule has 0 radical (unpaired) electrons. The highest BCUT2D eigenvalue weighted by Crippen LogP contribution is 2.33. The first kappa shape index (κ1) is 14.4. The van der Waals surface area contributed by atoms with Crippen LogP contribution in [0, 0.1) is 5.92 Å². The van der Waals surface area contributed by atoms with Crippen LogP contribution in [0.5, 0.6) is 0 Å². The van der Waals surface area contributed by atoms with Crippen molar-refractivity contribution in [2.24, 2.45) is 5.92 Å². The van der Waals surface area contributed by atoms with Crippen molar-refractivity contribution in [3.05, 3.63) is 47.4 Å². The maximum Gasteiger partial charge on any atom is 0.307 e. The Balaban J connectivity index is 1.28. The fourth-order valence-corrected chi connectivity index (χ4v) is 2.93. The number of nitrogens with zero attached hydrogens (tertiary/aromatic N) is 3. The molecule has 6 heteroatoms. The molecule has 0 spiro atoms. The molecule has 0 bridgehead atoms. The summed E-state index contributed by atoms with van der Waals surface area (Å²) in [5, 5.41) is 2.85. The Kier molecular flexibility index (Phi) is 3.83. The SMILES string of the molecule is O=C(NCCc1cccnc1)c1nc2c(o1)CN(CC1CC1)C2. The molecule has 2 aliphatic rings. The molecule has 1 aliphatic heterocycles. The van der Waals surface area contributed by atoms with E-state index < -0.39 is 0 Å². The molecule has 0 atom stereocenters. The molecule has 23 heavy (non-hydrogen) atoms. The zero-order chi connectivity index (χ0) is 15.6. The molecule has 1 amide bonds. The molecule has 1 aliphatic carbocycles. The zero-order valence-electron chi connectivity index (χ0n) is 13.0. The average molecular weight is 312 g/mol. The number of hydrogen-bond donors (Lipinski definition) is 1. The first-order valence-corrected chi connectivity index (χ1v) is 8.16. The lowest BCUT2D eigenvalue weighted by Gasteiger charge is -2.12. The number of carbonyl (C=O) groups is 1. The van der Waals surface area contributed by atoms with Gasteiger partial charge in [-0.25, -0.2) is 4.98 Å². The van der Waals surface area contributed by atoms with Gasteiger partial charge in [0.15, 0.2) is 0 Å². The van der Waals surface area contributed by atoms with Crippen molar-refractivity contribution >= 4 is 5.91 Å². The standard InChI is InChI=1S/C17H20N4O2/c22-16(19-7-5-12-2-1-6-18-8-12)17-20-14-10-21(9-13-3-4-13)11-15(14)23-17/h1-2,6,8,13H,3-5,7,9-11H2,(H,19,22). The minimum absolute atomic E-state index is 0.187. The second kappa shape index (κ2) is 6.12. The van der Waals surface area contributed by atoms with Gasteiger partial charge in [-0.1, -0.05) is 6.07 Å². The van der Waals surface area contributed by atoms with Crippen LogP contribution in [0.3, 0.4) is 0 Å². The van der Waals surface area contributed by atoms with Crippen molar-refractivity contribution < 1.29 is 9.21 Å². The number of rotatable bonds is 6. The van der Waals surface area contributed by atoms with Crippen LogP contribution in [0.2, 0.25) is 0 Å². The number of oxazole rings is 1. The summed E-state index contributed by atoms with van der Waals surface area (Å²) >= 11 is 0. The topological polar surface area (TPSA) is 71.3 Å². The first-order valence-electron chi connectivity index (χ1n) is 8.16. The molecular weight excluding hydrogens is 292 g/mol. The lowest BCUT2D eigenvalue weighted by Crippen LogP contribution is -2.26. The van der Waals surface area contributed by atoms with Gasteiger partial charge in [-0.3, -0.25) is 14.7 Å². The lowest BCUT2D eigenvalue weighted by atomic mass is 10.2. The first-order chi connectivity index (χ1) is 11.3. The fourth-order valence-electron chi connectivity index (χ4n) is 2.93. The molecule has 4 rings (SSSR count). The van der Waals surface area contributed by atoms with Crippen molar-refractivity contribution in [2.45, 2.75) is 32.4 Å². The van der Waals surface area contributed by atoms with Crippen LogP contribution in [-0.2, 0) is 19.5 Å². The molecule has 1 fully saturated rings. The largest absolute Gasteiger partial charge is 0.436 e. The Labute approximate surface area is 134 Å². The molecule has 2 aromatic rings.